The first kappa shape index (κ1) is 17.5. The maximum atomic E-state index is 12.4. The van der Waals surface area contributed by atoms with Crippen LogP contribution >= 0.6 is 0 Å². The molecule has 4 heteroatoms. The molecule has 2 heterocycles. The average molecular weight is 338 g/mol. The highest BCUT2D eigenvalue weighted by molar-refractivity contribution is 5.95. The van der Waals surface area contributed by atoms with Gasteiger partial charge in [-0.05, 0) is 38.3 Å². The van der Waals surface area contributed by atoms with Crippen molar-refractivity contribution in [1.29, 1.82) is 0 Å². The third-order valence-corrected chi connectivity index (χ3v) is 4.68. The molecule has 1 aromatic heterocycles. The Morgan fingerprint density at radius 1 is 1.24 bits per heavy atom. The van der Waals surface area contributed by atoms with Gasteiger partial charge in [-0.3, -0.25) is 9.69 Å². The van der Waals surface area contributed by atoms with E-state index in [1.54, 1.807) is 0 Å². The number of hydrogen-bond acceptors (Lipinski definition) is 3. The lowest BCUT2D eigenvalue weighted by atomic mass is 10.0. The lowest BCUT2D eigenvalue weighted by Crippen LogP contribution is -2.44. The largest absolute Gasteiger partial charge is 0.466 e. The maximum Gasteiger partial charge on any atom is 0.255 e. The molecule has 4 nitrogen and oxygen atoms in total. The molecule has 3 rings (SSSR count). The molecule has 0 aliphatic carbocycles. The van der Waals surface area contributed by atoms with Crippen molar-refractivity contribution in [2.75, 3.05) is 19.6 Å². The molecule has 0 saturated carbocycles. The van der Waals surface area contributed by atoms with Gasteiger partial charge < -0.3 is 9.73 Å². The van der Waals surface area contributed by atoms with Gasteiger partial charge in [-0.15, -0.1) is 0 Å². The second kappa shape index (κ2) is 8.17. The van der Waals surface area contributed by atoms with Gasteiger partial charge in [0, 0.05) is 25.7 Å². The molecule has 1 amide bonds. The molecular formula is C21H26N2O2. The van der Waals surface area contributed by atoms with Crippen molar-refractivity contribution >= 4 is 12.0 Å². The Hall–Kier alpha value is -2.33. The topological polar surface area (TPSA) is 45.5 Å². The molecule has 0 spiro atoms. The fourth-order valence-corrected chi connectivity index (χ4v) is 3.28. The molecule has 1 N–H and O–H groups in total. The van der Waals surface area contributed by atoms with Crippen molar-refractivity contribution in [3.8, 4) is 0 Å². The standard InChI is InChI=1S/C21H26N2O2/c1-16-15-20(17(2)25-16)21(24)22-19-10-13-23(14-11-19)12-6-9-18-7-4-3-5-8-18/h3-9,15,19H,10-14H2,1-2H3,(H,22,24). The van der Waals surface area contributed by atoms with Gasteiger partial charge in [0.25, 0.3) is 5.91 Å². The molecule has 1 aliphatic rings. The van der Waals surface area contributed by atoms with Gasteiger partial charge in [0.1, 0.15) is 11.5 Å². The number of amides is 1. The van der Waals surface area contributed by atoms with E-state index in [9.17, 15) is 4.79 Å². The lowest BCUT2D eigenvalue weighted by molar-refractivity contribution is 0.0912. The van der Waals surface area contributed by atoms with Crippen LogP contribution in [-0.2, 0) is 0 Å². The molecule has 1 saturated heterocycles. The van der Waals surface area contributed by atoms with Gasteiger partial charge in [0.15, 0.2) is 0 Å². The number of furan rings is 1. The van der Waals surface area contributed by atoms with E-state index in [2.05, 4.69) is 46.6 Å². The number of likely N-dealkylation sites (tertiary alicyclic amines) is 1. The summed E-state index contributed by atoms with van der Waals surface area (Å²) in [6.45, 7) is 6.67. The first-order valence-corrected chi connectivity index (χ1v) is 8.93. The number of nitrogens with one attached hydrogen (secondary N) is 1. The maximum absolute atomic E-state index is 12.4. The molecule has 0 atom stereocenters. The van der Waals surface area contributed by atoms with Crippen LogP contribution in [0.25, 0.3) is 6.08 Å². The van der Waals surface area contributed by atoms with E-state index in [-0.39, 0.29) is 11.9 Å². The van der Waals surface area contributed by atoms with Crippen LogP contribution in [0.2, 0.25) is 0 Å². The number of nitrogens with zero attached hydrogens (tertiary/aromatic N) is 1. The molecule has 2 aromatic rings. The molecule has 25 heavy (non-hydrogen) atoms. The highest BCUT2D eigenvalue weighted by atomic mass is 16.3. The van der Waals surface area contributed by atoms with Gasteiger partial charge >= 0.3 is 0 Å². The molecule has 132 valence electrons. The normalized spacial score (nSPS) is 16.4. The van der Waals surface area contributed by atoms with E-state index >= 15 is 0 Å². The minimum atomic E-state index is -0.0169. The van der Waals surface area contributed by atoms with Crippen LogP contribution < -0.4 is 5.32 Å². The predicted octanol–water partition coefficient (Wildman–Crippen LogP) is 3.80. The van der Waals surface area contributed by atoms with Gasteiger partial charge in [-0.1, -0.05) is 42.5 Å². The van der Waals surface area contributed by atoms with Crippen molar-refractivity contribution in [3.63, 3.8) is 0 Å². The van der Waals surface area contributed by atoms with Crippen molar-refractivity contribution in [3.05, 3.63) is 65.1 Å². The summed E-state index contributed by atoms with van der Waals surface area (Å²) in [5, 5.41) is 3.15. The minimum absolute atomic E-state index is 0.0169. The van der Waals surface area contributed by atoms with E-state index in [0.717, 1.165) is 38.2 Å². The van der Waals surface area contributed by atoms with Crippen molar-refractivity contribution < 1.29 is 9.21 Å². The van der Waals surface area contributed by atoms with Crippen LogP contribution in [0.4, 0.5) is 0 Å². The molecule has 0 bridgehead atoms. The Morgan fingerprint density at radius 2 is 1.96 bits per heavy atom. The number of carbonyl (C=O) groups excluding carboxylic acids is 1. The third-order valence-electron chi connectivity index (χ3n) is 4.68. The quantitative estimate of drug-likeness (QED) is 0.902. The summed E-state index contributed by atoms with van der Waals surface area (Å²) in [7, 11) is 0. The smallest absolute Gasteiger partial charge is 0.255 e. The first-order valence-electron chi connectivity index (χ1n) is 8.93. The summed E-state index contributed by atoms with van der Waals surface area (Å²) in [5.74, 6) is 1.46. The van der Waals surface area contributed by atoms with Crippen LogP contribution in [0, 0.1) is 13.8 Å². The summed E-state index contributed by atoms with van der Waals surface area (Å²) < 4.78 is 5.45. The molecule has 1 aliphatic heterocycles. The Balaban J connectivity index is 1.43. The number of aryl methyl sites for hydroxylation is 2. The van der Waals surface area contributed by atoms with E-state index in [1.807, 2.05) is 26.0 Å². The van der Waals surface area contributed by atoms with Gasteiger partial charge in [0.05, 0.1) is 5.56 Å². The predicted molar refractivity (Wildman–Crippen MR) is 101 cm³/mol. The summed E-state index contributed by atoms with van der Waals surface area (Å²) >= 11 is 0. The zero-order valence-corrected chi connectivity index (χ0v) is 15.0. The SMILES string of the molecule is Cc1cc(C(=O)NC2CCN(CC=Cc3ccccc3)CC2)c(C)o1. The van der Waals surface area contributed by atoms with Crippen LogP contribution in [0.15, 0.2) is 46.9 Å². The molecule has 1 aromatic carbocycles. The summed E-state index contributed by atoms with van der Waals surface area (Å²) in [4.78, 5) is 14.8. The Bertz CT molecular complexity index is 726. The summed E-state index contributed by atoms with van der Waals surface area (Å²) in [6, 6.07) is 12.4. The molecular weight excluding hydrogens is 312 g/mol. The number of rotatable bonds is 5. The first-order chi connectivity index (χ1) is 12.1. The highest BCUT2D eigenvalue weighted by Gasteiger charge is 2.22. The van der Waals surface area contributed by atoms with E-state index in [1.165, 1.54) is 5.56 Å². The lowest BCUT2D eigenvalue weighted by Gasteiger charge is -2.31. The number of piperidine rings is 1. The monoisotopic (exact) mass is 338 g/mol. The number of hydrogen-bond donors (Lipinski definition) is 1. The zero-order chi connectivity index (χ0) is 17.6. The minimum Gasteiger partial charge on any atom is -0.466 e. The summed E-state index contributed by atoms with van der Waals surface area (Å²) in [6.07, 6.45) is 6.35. The van der Waals surface area contributed by atoms with Crippen molar-refractivity contribution in [2.45, 2.75) is 32.7 Å². The van der Waals surface area contributed by atoms with E-state index < -0.39 is 0 Å². The van der Waals surface area contributed by atoms with Gasteiger partial charge in [0.2, 0.25) is 0 Å². The highest BCUT2D eigenvalue weighted by Crippen LogP contribution is 2.16. The second-order valence-corrected chi connectivity index (χ2v) is 6.69. The molecule has 1 fully saturated rings. The molecule has 0 unspecified atom stereocenters. The zero-order valence-electron chi connectivity index (χ0n) is 15.0. The Morgan fingerprint density at radius 3 is 2.60 bits per heavy atom. The van der Waals surface area contributed by atoms with Gasteiger partial charge in [-0.2, -0.15) is 0 Å². The van der Waals surface area contributed by atoms with Crippen molar-refractivity contribution in [2.24, 2.45) is 0 Å². The fraction of sp³-hybridized carbons (Fsp3) is 0.381. The molecule has 0 radical (unpaired) electrons. The van der Waals surface area contributed by atoms with Gasteiger partial charge in [-0.25, -0.2) is 0 Å². The van der Waals surface area contributed by atoms with E-state index in [0.29, 0.717) is 11.3 Å². The van der Waals surface area contributed by atoms with Crippen molar-refractivity contribution in [1.82, 2.24) is 10.2 Å². The Labute approximate surface area is 149 Å². The van der Waals surface area contributed by atoms with Crippen LogP contribution in [0.3, 0.4) is 0 Å². The third kappa shape index (κ3) is 4.83. The average Bonchev–Trinajstić information content (AvgIpc) is 2.96. The second-order valence-electron chi connectivity index (χ2n) is 6.69. The number of benzene rings is 1. The number of carbonyl (C=O) groups is 1. The Kier molecular flexibility index (Phi) is 5.71. The van der Waals surface area contributed by atoms with Crippen LogP contribution in [-0.4, -0.2) is 36.5 Å². The van der Waals surface area contributed by atoms with Crippen LogP contribution in [0.5, 0.6) is 0 Å². The summed E-state index contributed by atoms with van der Waals surface area (Å²) in [5.41, 5.74) is 1.89. The fourth-order valence-electron chi connectivity index (χ4n) is 3.28. The van der Waals surface area contributed by atoms with E-state index in [4.69, 9.17) is 4.42 Å². The van der Waals surface area contributed by atoms with Crippen LogP contribution in [0.1, 0.15) is 40.3 Å².